The summed E-state index contributed by atoms with van der Waals surface area (Å²) in [6.45, 7) is 6.38. The van der Waals surface area contributed by atoms with E-state index in [9.17, 15) is 0 Å². The normalized spacial score (nSPS) is 15.9. The zero-order valence-electron chi connectivity index (χ0n) is 18.0. The Hall–Kier alpha value is -1.81. The first-order chi connectivity index (χ1) is 14.3. The van der Waals surface area contributed by atoms with Crippen molar-refractivity contribution < 1.29 is 9.15 Å². The number of aliphatic imine (C=N–C) groups is 1. The summed E-state index contributed by atoms with van der Waals surface area (Å²) in [4.78, 5) is 11.2. The second kappa shape index (κ2) is 13.5. The van der Waals surface area contributed by atoms with Gasteiger partial charge in [0, 0.05) is 32.4 Å². The van der Waals surface area contributed by atoms with Crippen LogP contribution in [-0.4, -0.2) is 49.1 Å². The Bertz CT molecular complexity index is 730. The van der Waals surface area contributed by atoms with Gasteiger partial charge in [-0.15, -0.1) is 24.0 Å². The molecule has 8 heteroatoms. The van der Waals surface area contributed by atoms with Crippen LogP contribution in [0.3, 0.4) is 0 Å². The average Bonchev–Trinajstić information content (AvgIpc) is 3.30. The van der Waals surface area contributed by atoms with Gasteiger partial charge in [0.1, 0.15) is 5.76 Å². The molecule has 7 nitrogen and oxygen atoms in total. The van der Waals surface area contributed by atoms with Crippen molar-refractivity contribution in [2.24, 2.45) is 4.99 Å². The number of hydrogen-bond acceptors (Lipinski definition) is 5. The van der Waals surface area contributed by atoms with E-state index >= 15 is 0 Å². The van der Waals surface area contributed by atoms with Crippen LogP contribution in [0.15, 0.2) is 46.1 Å². The van der Waals surface area contributed by atoms with E-state index in [4.69, 9.17) is 9.15 Å². The fourth-order valence-corrected chi connectivity index (χ4v) is 3.53. The Labute approximate surface area is 196 Å². The zero-order valence-corrected chi connectivity index (χ0v) is 20.3. The SMILES string of the molecule is CCCOc1ccc(CNC(=NC)NCC(c2ccco2)N2CCCCC2)cn1.I. The summed E-state index contributed by atoms with van der Waals surface area (Å²) in [5, 5.41) is 6.82. The average molecular weight is 527 g/mol. The van der Waals surface area contributed by atoms with Crippen molar-refractivity contribution in [2.75, 3.05) is 33.3 Å². The summed E-state index contributed by atoms with van der Waals surface area (Å²) in [6, 6.07) is 8.16. The van der Waals surface area contributed by atoms with Gasteiger partial charge in [0.2, 0.25) is 5.88 Å². The van der Waals surface area contributed by atoms with Crippen LogP contribution in [0.5, 0.6) is 5.88 Å². The molecule has 2 aromatic rings. The molecule has 2 N–H and O–H groups in total. The van der Waals surface area contributed by atoms with Gasteiger partial charge in [-0.05, 0) is 50.0 Å². The van der Waals surface area contributed by atoms with E-state index in [0.29, 0.717) is 19.0 Å². The summed E-state index contributed by atoms with van der Waals surface area (Å²) < 4.78 is 11.3. The van der Waals surface area contributed by atoms with E-state index in [2.05, 4.69) is 38.5 Å². The number of guanidine groups is 1. The van der Waals surface area contributed by atoms with Gasteiger partial charge < -0.3 is 19.8 Å². The Morgan fingerprint density at radius 2 is 2.07 bits per heavy atom. The van der Waals surface area contributed by atoms with Crippen molar-refractivity contribution in [3.63, 3.8) is 0 Å². The topological polar surface area (TPSA) is 74.9 Å². The summed E-state index contributed by atoms with van der Waals surface area (Å²) in [5.74, 6) is 2.44. The van der Waals surface area contributed by atoms with Crippen LogP contribution >= 0.6 is 24.0 Å². The monoisotopic (exact) mass is 527 g/mol. The second-order valence-corrected chi connectivity index (χ2v) is 7.29. The highest BCUT2D eigenvalue weighted by atomic mass is 127. The van der Waals surface area contributed by atoms with Gasteiger partial charge in [0.05, 0.1) is 18.9 Å². The number of piperidine rings is 1. The minimum atomic E-state index is 0. The molecule has 1 aliphatic heterocycles. The number of pyridine rings is 1. The molecule has 3 rings (SSSR count). The van der Waals surface area contributed by atoms with Gasteiger partial charge in [0.25, 0.3) is 0 Å². The molecule has 1 aliphatic rings. The molecule has 0 aliphatic carbocycles. The highest BCUT2D eigenvalue weighted by Gasteiger charge is 2.24. The van der Waals surface area contributed by atoms with Crippen LogP contribution in [0.2, 0.25) is 0 Å². The first-order valence-corrected chi connectivity index (χ1v) is 10.6. The van der Waals surface area contributed by atoms with Crippen LogP contribution in [0.4, 0.5) is 0 Å². The molecule has 0 radical (unpaired) electrons. The highest BCUT2D eigenvalue weighted by Crippen LogP contribution is 2.24. The van der Waals surface area contributed by atoms with E-state index in [1.54, 1.807) is 13.3 Å². The molecule has 1 fully saturated rings. The predicted molar refractivity (Wildman–Crippen MR) is 131 cm³/mol. The number of hydrogen-bond donors (Lipinski definition) is 2. The molecule has 2 aromatic heterocycles. The van der Waals surface area contributed by atoms with Crippen molar-refractivity contribution in [2.45, 2.75) is 45.2 Å². The van der Waals surface area contributed by atoms with Crippen LogP contribution < -0.4 is 15.4 Å². The Morgan fingerprint density at radius 1 is 1.23 bits per heavy atom. The maximum absolute atomic E-state index is 5.72. The van der Waals surface area contributed by atoms with Gasteiger partial charge in [-0.25, -0.2) is 4.98 Å². The molecule has 1 unspecified atom stereocenters. The van der Waals surface area contributed by atoms with Crippen molar-refractivity contribution >= 4 is 29.9 Å². The second-order valence-electron chi connectivity index (χ2n) is 7.29. The Balaban J connectivity index is 0.00000320. The molecule has 1 saturated heterocycles. The lowest BCUT2D eigenvalue weighted by molar-refractivity contribution is 0.146. The summed E-state index contributed by atoms with van der Waals surface area (Å²) in [7, 11) is 1.79. The van der Waals surface area contributed by atoms with Gasteiger partial charge in [0.15, 0.2) is 5.96 Å². The molecule has 30 heavy (non-hydrogen) atoms. The molecule has 3 heterocycles. The third-order valence-corrected chi connectivity index (χ3v) is 5.10. The molecule has 0 spiro atoms. The lowest BCUT2D eigenvalue weighted by atomic mass is 10.1. The maximum Gasteiger partial charge on any atom is 0.213 e. The summed E-state index contributed by atoms with van der Waals surface area (Å²) in [6.07, 6.45) is 8.37. The predicted octanol–water partition coefficient (Wildman–Crippen LogP) is 3.97. The zero-order chi connectivity index (χ0) is 20.3. The summed E-state index contributed by atoms with van der Waals surface area (Å²) in [5.41, 5.74) is 1.08. The number of nitrogens with zero attached hydrogens (tertiary/aromatic N) is 3. The van der Waals surface area contributed by atoms with E-state index in [1.165, 1.54) is 19.3 Å². The number of aromatic nitrogens is 1. The number of halogens is 1. The van der Waals surface area contributed by atoms with Crippen LogP contribution in [0.25, 0.3) is 0 Å². The Kier molecular flexibility index (Phi) is 11.0. The van der Waals surface area contributed by atoms with Gasteiger partial charge in [-0.1, -0.05) is 19.4 Å². The first kappa shape index (κ1) is 24.5. The van der Waals surface area contributed by atoms with Gasteiger partial charge in [-0.2, -0.15) is 0 Å². The van der Waals surface area contributed by atoms with Gasteiger partial charge in [-0.3, -0.25) is 9.89 Å². The van der Waals surface area contributed by atoms with E-state index in [1.807, 2.05) is 24.4 Å². The maximum atomic E-state index is 5.72. The van der Waals surface area contributed by atoms with Crippen molar-refractivity contribution in [1.29, 1.82) is 0 Å². The van der Waals surface area contributed by atoms with Crippen LogP contribution in [-0.2, 0) is 6.54 Å². The van der Waals surface area contributed by atoms with Crippen molar-refractivity contribution in [1.82, 2.24) is 20.5 Å². The van der Waals surface area contributed by atoms with Gasteiger partial charge >= 0.3 is 0 Å². The largest absolute Gasteiger partial charge is 0.478 e. The smallest absolute Gasteiger partial charge is 0.213 e. The molecule has 1 atom stereocenters. The number of nitrogens with one attached hydrogen (secondary N) is 2. The molecular formula is C22H34IN5O2. The number of likely N-dealkylation sites (tertiary alicyclic amines) is 1. The standard InChI is InChI=1S/C22H33N5O2.HI/c1-3-13-29-21-10-9-18(15-24-21)16-25-22(23-2)26-17-19(20-8-7-14-28-20)27-11-5-4-6-12-27;/h7-10,14-15,19H,3-6,11-13,16-17H2,1-2H3,(H2,23,25,26);1H. The molecular weight excluding hydrogens is 493 g/mol. The van der Waals surface area contributed by atoms with Crippen molar-refractivity contribution in [3.8, 4) is 5.88 Å². The third kappa shape index (κ3) is 7.46. The van der Waals surface area contributed by atoms with E-state index < -0.39 is 0 Å². The van der Waals surface area contributed by atoms with Crippen LogP contribution in [0.1, 0.15) is 50.0 Å². The lowest BCUT2D eigenvalue weighted by Gasteiger charge is -2.33. The third-order valence-electron chi connectivity index (χ3n) is 5.10. The fourth-order valence-electron chi connectivity index (χ4n) is 3.53. The van der Waals surface area contributed by atoms with E-state index in [0.717, 1.165) is 43.3 Å². The molecule has 166 valence electrons. The van der Waals surface area contributed by atoms with Crippen LogP contribution in [0, 0.1) is 0 Å². The Morgan fingerprint density at radius 3 is 2.70 bits per heavy atom. The summed E-state index contributed by atoms with van der Waals surface area (Å²) >= 11 is 0. The lowest BCUT2D eigenvalue weighted by Crippen LogP contribution is -2.44. The first-order valence-electron chi connectivity index (χ1n) is 10.6. The minimum Gasteiger partial charge on any atom is -0.478 e. The fraction of sp³-hybridized carbons (Fsp3) is 0.545. The molecule has 0 bridgehead atoms. The number of ether oxygens (including phenoxy) is 1. The number of rotatable bonds is 9. The minimum absolute atomic E-state index is 0. The molecule has 0 aromatic carbocycles. The van der Waals surface area contributed by atoms with E-state index in [-0.39, 0.29) is 30.0 Å². The molecule has 0 saturated carbocycles. The quantitative estimate of drug-likeness (QED) is 0.292. The molecule has 0 amide bonds. The van der Waals surface area contributed by atoms with Crippen molar-refractivity contribution in [3.05, 3.63) is 48.0 Å². The number of furan rings is 1. The highest BCUT2D eigenvalue weighted by molar-refractivity contribution is 14.0.